The van der Waals surface area contributed by atoms with Gasteiger partial charge in [-0.15, -0.1) is 0 Å². The van der Waals surface area contributed by atoms with Gasteiger partial charge in [0, 0.05) is 19.0 Å². The quantitative estimate of drug-likeness (QED) is 0.890. The van der Waals surface area contributed by atoms with Crippen LogP contribution in [-0.4, -0.2) is 36.2 Å². The van der Waals surface area contributed by atoms with E-state index in [-0.39, 0.29) is 30.2 Å². The van der Waals surface area contributed by atoms with Gasteiger partial charge in [0.2, 0.25) is 5.91 Å². The third-order valence-electron chi connectivity index (χ3n) is 3.39. The summed E-state index contributed by atoms with van der Waals surface area (Å²) in [5.74, 6) is 0.111. The molecule has 1 aliphatic heterocycles. The van der Waals surface area contributed by atoms with E-state index in [0.29, 0.717) is 13.1 Å². The molecule has 0 saturated carbocycles. The van der Waals surface area contributed by atoms with E-state index >= 15 is 0 Å². The molecule has 1 heterocycles. The number of amides is 1. The Hall–Kier alpha value is -1.68. The topological polar surface area (TPSA) is 49.4 Å². The average Bonchev–Trinajstić information content (AvgIpc) is 2.40. The van der Waals surface area contributed by atoms with Crippen molar-refractivity contribution >= 4 is 11.7 Å². The number of hydrogen-bond acceptors (Lipinski definition) is 3. The lowest BCUT2D eigenvalue weighted by Crippen LogP contribution is -2.50. The largest absolute Gasteiger partial charge is 0.354 e. The van der Waals surface area contributed by atoms with E-state index in [0.717, 1.165) is 5.56 Å². The summed E-state index contributed by atoms with van der Waals surface area (Å²) in [6, 6.07) is 9.39. The van der Waals surface area contributed by atoms with Gasteiger partial charge in [0.25, 0.3) is 0 Å². The van der Waals surface area contributed by atoms with Gasteiger partial charge in [0.05, 0.1) is 12.6 Å². The minimum Gasteiger partial charge on any atom is -0.354 e. The number of ketones is 1. The van der Waals surface area contributed by atoms with Gasteiger partial charge in [0.15, 0.2) is 5.78 Å². The molecule has 0 aliphatic carbocycles. The zero-order chi connectivity index (χ0) is 13.8. The molecular formula is C15H20N2O2. The second-order valence-corrected chi connectivity index (χ2v) is 5.19. The van der Waals surface area contributed by atoms with Crippen molar-refractivity contribution in [2.24, 2.45) is 5.92 Å². The van der Waals surface area contributed by atoms with Gasteiger partial charge in [-0.05, 0) is 5.56 Å². The summed E-state index contributed by atoms with van der Waals surface area (Å²) < 4.78 is 0. The van der Waals surface area contributed by atoms with Crippen molar-refractivity contribution < 1.29 is 9.59 Å². The van der Waals surface area contributed by atoms with Crippen LogP contribution in [0.3, 0.4) is 0 Å². The number of nitrogens with one attached hydrogen (secondary N) is 1. The highest BCUT2D eigenvalue weighted by Crippen LogP contribution is 2.25. The molecule has 1 N–H and O–H groups in total. The molecule has 2 rings (SSSR count). The number of benzene rings is 1. The summed E-state index contributed by atoms with van der Waals surface area (Å²) in [5.41, 5.74) is 0.968. The predicted molar refractivity (Wildman–Crippen MR) is 73.6 cm³/mol. The molecule has 1 amide bonds. The Morgan fingerprint density at radius 1 is 1.26 bits per heavy atom. The number of carbonyl (C=O) groups excluding carboxylic acids is 2. The molecule has 4 nitrogen and oxygen atoms in total. The smallest absolute Gasteiger partial charge is 0.234 e. The summed E-state index contributed by atoms with van der Waals surface area (Å²) in [6.07, 6.45) is 0. The maximum absolute atomic E-state index is 12.5. The van der Waals surface area contributed by atoms with Crippen molar-refractivity contribution in [2.75, 3.05) is 19.6 Å². The fourth-order valence-corrected chi connectivity index (χ4v) is 2.38. The number of nitrogens with zero attached hydrogens (tertiary/aromatic N) is 1. The molecule has 1 saturated heterocycles. The van der Waals surface area contributed by atoms with Crippen molar-refractivity contribution in [2.45, 2.75) is 19.9 Å². The van der Waals surface area contributed by atoms with Crippen LogP contribution in [0.25, 0.3) is 0 Å². The average molecular weight is 260 g/mol. The molecule has 1 atom stereocenters. The van der Waals surface area contributed by atoms with Crippen molar-refractivity contribution in [3.05, 3.63) is 35.9 Å². The van der Waals surface area contributed by atoms with Gasteiger partial charge in [0.1, 0.15) is 0 Å². The van der Waals surface area contributed by atoms with E-state index in [1.165, 1.54) is 0 Å². The van der Waals surface area contributed by atoms with Crippen LogP contribution < -0.4 is 5.32 Å². The minimum absolute atomic E-state index is 0.0104. The van der Waals surface area contributed by atoms with Gasteiger partial charge in [-0.25, -0.2) is 0 Å². The Kier molecular flexibility index (Phi) is 4.32. The molecule has 4 heteroatoms. The van der Waals surface area contributed by atoms with E-state index in [1.54, 1.807) is 0 Å². The Balaban J connectivity index is 2.29. The van der Waals surface area contributed by atoms with Gasteiger partial charge < -0.3 is 5.32 Å². The highest BCUT2D eigenvalue weighted by molar-refractivity contribution is 5.88. The zero-order valence-electron chi connectivity index (χ0n) is 11.4. The van der Waals surface area contributed by atoms with E-state index in [2.05, 4.69) is 5.32 Å². The second kappa shape index (κ2) is 5.97. The van der Waals surface area contributed by atoms with Gasteiger partial charge >= 0.3 is 0 Å². The maximum Gasteiger partial charge on any atom is 0.234 e. The standard InChI is InChI=1S/C15H20N2O2/c1-11(2)15(19)14(12-6-4-3-5-7-12)17-9-8-16-13(18)10-17/h3-7,11,14H,8-10H2,1-2H3,(H,16,18). The number of piperazine rings is 1. The first-order chi connectivity index (χ1) is 9.09. The fourth-order valence-electron chi connectivity index (χ4n) is 2.38. The molecule has 1 unspecified atom stereocenters. The van der Waals surface area contributed by atoms with Crippen molar-refractivity contribution in [1.29, 1.82) is 0 Å². The molecule has 1 fully saturated rings. The number of hydrogen-bond donors (Lipinski definition) is 1. The first-order valence-corrected chi connectivity index (χ1v) is 6.69. The number of Topliss-reactive ketones (excluding diaryl/α,β-unsaturated/α-hetero) is 1. The lowest BCUT2D eigenvalue weighted by Gasteiger charge is -2.34. The number of carbonyl (C=O) groups is 2. The summed E-state index contributed by atoms with van der Waals surface area (Å²) in [6.45, 7) is 5.42. The summed E-state index contributed by atoms with van der Waals surface area (Å²) in [7, 11) is 0. The molecule has 1 aromatic rings. The van der Waals surface area contributed by atoms with Crippen LogP contribution in [0.5, 0.6) is 0 Å². The lowest BCUT2D eigenvalue weighted by atomic mass is 9.93. The van der Waals surface area contributed by atoms with Gasteiger partial charge in [-0.1, -0.05) is 44.2 Å². The van der Waals surface area contributed by atoms with Crippen LogP contribution in [-0.2, 0) is 9.59 Å². The van der Waals surface area contributed by atoms with E-state index in [1.807, 2.05) is 49.1 Å². The van der Waals surface area contributed by atoms with Crippen LogP contribution in [0.15, 0.2) is 30.3 Å². The SMILES string of the molecule is CC(C)C(=O)C(c1ccccc1)N1CCNC(=O)C1. The first-order valence-electron chi connectivity index (χ1n) is 6.69. The lowest BCUT2D eigenvalue weighted by molar-refractivity contribution is -0.131. The van der Waals surface area contributed by atoms with Crippen molar-refractivity contribution in [3.8, 4) is 0 Å². The molecule has 102 valence electrons. The van der Waals surface area contributed by atoms with Crippen LogP contribution >= 0.6 is 0 Å². The summed E-state index contributed by atoms with van der Waals surface area (Å²) in [4.78, 5) is 26.0. The molecule has 19 heavy (non-hydrogen) atoms. The normalized spacial score (nSPS) is 18.2. The third kappa shape index (κ3) is 3.20. The van der Waals surface area contributed by atoms with Crippen LogP contribution in [0.2, 0.25) is 0 Å². The monoisotopic (exact) mass is 260 g/mol. The van der Waals surface area contributed by atoms with E-state index in [9.17, 15) is 9.59 Å². The third-order valence-corrected chi connectivity index (χ3v) is 3.39. The highest BCUT2D eigenvalue weighted by Gasteiger charge is 2.31. The van der Waals surface area contributed by atoms with E-state index < -0.39 is 0 Å². The van der Waals surface area contributed by atoms with Crippen LogP contribution in [0.1, 0.15) is 25.5 Å². The predicted octanol–water partition coefficient (Wildman–Crippen LogP) is 1.38. The van der Waals surface area contributed by atoms with Crippen LogP contribution in [0, 0.1) is 5.92 Å². The second-order valence-electron chi connectivity index (χ2n) is 5.19. The molecule has 1 aromatic carbocycles. The fraction of sp³-hybridized carbons (Fsp3) is 0.467. The zero-order valence-corrected chi connectivity index (χ0v) is 11.4. The minimum atomic E-state index is -0.313. The molecule has 0 aromatic heterocycles. The Morgan fingerprint density at radius 3 is 2.53 bits per heavy atom. The Bertz CT molecular complexity index is 456. The van der Waals surface area contributed by atoms with Crippen molar-refractivity contribution in [1.82, 2.24) is 10.2 Å². The van der Waals surface area contributed by atoms with Crippen LogP contribution in [0.4, 0.5) is 0 Å². The molecular weight excluding hydrogens is 240 g/mol. The molecule has 0 radical (unpaired) electrons. The maximum atomic E-state index is 12.5. The van der Waals surface area contributed by atoms with Crippen molar-refractivity contribution in [3.63, 3.8) is 0 Å². The summed E-state index contributed by atoms with van der Waals surface area (Å²) >= 11 is 0. The first kappa shape index (κ1) is 13.7. The summed E-state index contributed by atoms with van der Waals surface area (Å²) in [5, 5.41) is 2.79. The molecule has 1 aliphatic rings. The molecule has 0 bridgehead atoms. The van der Waals surface area contributed by atoms with Gasteiger partial charge in [-0.3, -0.25) is 14.5 Å². The Morgan fingerprint density at radius 2 is 1.95 bits per heavy atom. The van der Waals surface area contributed by atoms with Gasteiger partial charge in [-0.2, -0.15) is 0 Å². The molecule has 0 spiro atoms. The highest BCUT2D eigenvalue weighted by atomic mass is 16.2. The Labute approximate surface area is 113 Å². The number of rotatable bonds is 4. The van der Waals surface area contributed by atoms with E-state index in [4.69, 9.17) is 0 Å².